The van der Waals surface area contributed by atoms with Crippen molar-refractivity contribution in [2.45, 2.75) is 32.2 Å². The van der Waals surface area contributed by atoms with Gasteiger partial charge in [0.25, 0.3) is 0 Å². The van der Waals surface area contributed by atoms with Crippen molar-refractivity contribution < 1.29 is 4.39 Å². The molecule has 0 spiro atoms. The normalized spacial score (nSPS) is 12.8. The molecule has 1 nitrogen and oxygen atoms in total. The smallest absolute Gasteiger partial charge is 0.123 e. The molecule has 0 bridgehead atoms. The molecule has 0 heterocycles. The Hall–Kier alpha value is -0.600. The highest BCUT2D eigenvalue weighted by molar-refractivity contribution is 6.20. The van der Waals surface area contributed by atoms with Crippen LogP contribution in [-0.2, 0) is 6.54 Å². The van der Waals surface area contributed by atoms with Gasteiger partial charge in [-0.1, -0.05) is 13.0 Å². The van der Waals surface area contributed by atoms with E-state index in [1.54, 1.807) is 6.07 Å². The summed E-state index contributed by atoms with van der Waals surface area (Å²) in [6.45, 7) is 5.50. The third-order valence-electron chi connectivity index (χ3n) is 2.43. The van der Waals surface area contributed by atoms with Crippen molar-refractivity contribution in [1.29, 1.82) is 0 Å². The molecular formula is C12H17ClFN. The number of hydrogen-bond donors (Lipinski definition) is 1. The van der Waals surface area contributed by atoms with Crippen molar-refractivity contribution in [3.63, 3.8) is 0 Å². The highest BCUT2D eigenvalue weighted by Gasteiger charge is 2.02. The molecule has 0 fully saturated rings. The molecule has 15 heavy (non-hydrogen) atoms. The first-order chi connectivity index (χ1) is 7.13. The average Bonchev–Trinajstić information content (AvgIpc) is 2.21. The van der Waals surface area contributed by atoms with Gasteiger partial charge in [0.1, 0.15) is 5.82 Å². The van der Waals surface area contributed by atoms with Crippen LogP contribution in [0, 0.1) is 12.7 Å². The van der Waals surface area contributed by atoms with Gasteiger partial charge in [0, 0.05) is 18.5 Å². The number of nitrogens with one attached hydrogen (secondary N) is 1. The molecule has 0 amide bonds. The van der Waals surface area contributed by atoms with E-state index in [0.717, 1.165) is 30.6 Å². The van der Waals surface area contributed by atoms with Crippen molar-refractivity contribution in [2.24, 2.45) is 0 Å². The lowest BCUT2D eigenvalue weighted by molar-refractivity contribution is 0.620. The van der Waals surface area contributed by atoms with Gasteiger partial charge >= 0.3 is 0 Å². The second kappa shape index (κ2) is 6.09. The van der Waals surface area contributed by atoms with Crippen LogP contribution in [0.4, 0.5) is 4.39 Å². The lowest BCUT2D eigenvalue weighted by atomic mass is 10.1. The van der Waals surface area contributed by atoms with E-state index in [-0.39, 0.29) is 11.2 Å². The number of hydrogen-bond acceptors (Lipinski definition) is 1. The number of rotatable bonds is 5. The largest absolute Gasteiger partial charge is 0.311 e. The highest BCUT2D eigenvalue weighted by atomic mass is 35.5. The van der Waals surface area contributed by atoms with E-state index < -0.39 is 0 Å². The quantitative estimate of drug-likeness (QED) is 0.765. The van der Waals surface area contributed by atoms with Crippen LogP contribution < -0.4 is 5.32 Å². The first-order valence-corrected chi connectivity index (χ1v) is 5.67. The van der Waals surface area contributed by atoms with Crippen molar-refractivity contribution in [1.82, 2.24) is 5.32 Å². The van der Waals surface area contributed by atoms with Gasteiger partial charge in [-0.05, 0) is 36.6 Å². The van der Waals surface area contributed by atoms with Crippen LogP contribution in [0.2, 0.25) is 0 Å². The fraction of sp³-hybridized carbons (Fsp3) is 0.500. The second-order valence-corrected chi connectivity index (χ2v) is 4.32. The third kappa shape index (κ3) is 4.18. The zero-order valence-electron chi connectivity index (χ0n) is 9.19. The topological polar surface area (TPSA) is 12.0 Å². The third-order valence-corrected chi connectivity index (χ3v) is 2.89. The van der Waals surface area contributed by atoms with Gasteiger partial charge in [0.2, 0.25) is 0 Å². The number of alkyl halides is 1. The Bertz CT molecular complexity index is 314. The summed E-state index contributed by atoms with van der Waals surface area (Å²) in [4.78, 5) is 0. The summed E-state index contributed by atoms with van der Waals surface area (Å²) in [5.74, 6) is -0.181. The maximum absolute atomic E-state index is 12.8. The molecule has 0 saturated heterocycles. The van der Waals surface area contributed by atoms with Crippen molar-refractivity contribution >= 4 is 11.6 Å². The number of benzene rings is 1. The van der Waals surface area contributed by atoms with Crippen LogP contribution in [0.5, 0.6) is 0 Å². The maximum atomic E-state index is 12.8. The zero-order chi connectivity index (χ0) is 11.3. The highest BCUT2D eigenvalue weighted by Crippen LogP contribution is 2.10. The Kier molecular flexibility index (Phi) is 5.06. The average molecular weight is 230 g/mol. The Labute approximate surface area is 95.6 Å². The molecule has 1 aromatic carbocycles. The van der Waals surface area contributed by atoms with E-state index in [2.05, 4.69) is 12.2 Å². The lowest BCUT2D eigenvalue weighted by Crippen LogP contribution is -2.22. The van der Waals surface area contributed by atoms with Crippen LogP contribution >= 0.6 is 11.6 Å². The van der Waals surface area contributed by atoms with Gasteiger partial charge in [-0.2, -0.15) is 0 Å². The van der Waals surface area contributed by atoms with Gasteiger partial charge in [-0.15, -0.1) is 11.6 Å². The maximum Gasteiger partial charge on any atom is 0.123 e. The van der Waals surface area contributed by atoms with E-state index in [0.29, 0.717) is 0 Å². The first-order valence-electron chi connectivity index (χ1n) is 5.23. The Morgan fingerprint density at radius 3 is 2.80 bits per heavy atom. The molecule has 0 saturated carbocycles. The first kappa shape index (κ1) is 12.5. The van der Waals surface area contributed by atoms with Crippen molar-refractivity contribution in [3.8, 4) is 0 Å². The Morgan fingerprint density at radius 2 is 2.20 bits per heavy atom. The van der Waals surface area contributed by atoms with Crippen LogP contribution in [0.1, 0.15) is 24.5 Å². The second-order valence-electron chi connectivity index (χ2n) is 3.71. The van der Waals surface area contributed by atoms with Crippen LogP contribution in [0.3, 0.4) is 0 Å². The standard InChI is InChI=1S/C12H17ClFN/c1-3-11(13)8-15-7-10-4-5-12(14)6-9(10)2/h4-6,11,15H,3,7-8H2,1-2H3. The summed E-state index contributed by atoms with van der Waals surface area (Å²) in [7, 11) is 0. The lowest BCUT2D eigenvalue weighted by Gasteiger charge is -2.10. The van der Waals surface area contributed by atoms with Crippen LogP contribution in [0.25, 0.3) is 0 Å². The van der Waals surface area contributed by atoms with Crippen LogP contribution in [-0.4, -0.2) is 11.9 Å². The summed E-state index contributed by atoms with van der Waals surface area (Å²) in [5.41, 5.74) is 2.10. The molecule has 3 heteroatoms. The molecule has 1 atom stereocenters. The molecular weight excluding hydrogens is 213 g/mol. The minimum Gasteiger partial charge on any atom is -0.311 e. The summed E-state index contributed by atoms with van der Waals surface area (Å²) in [5, 5.41) is 3.43. The van der Waals surface area contributed by atoms with Gasteiger partial charge in [0.15, 0.2) is 0 Å². The summed E-state index contributed by atoms with van der Waals surface area (Å²) in [6.07, 6.45) is 0.955. The molecule has 0 aliphatic heterocycles. The van der Waals surface area contributed by atoms with Gasteiger partial charge in [0.05, 0.1) is 0 Å². The van der Waals surface area contributed by atoms with E-state index in [1.807, 2.05) is 13.0 Å². The van der Waals surface area contributed by atoms with E-state index in [4.69, 9.17) is 11.6 Å². The molecule has 0 aromatic heterocycles. The predicted molar refractivity (Wildman–Crippen MR) is 62.8 cm³/mol. The fourth-order valence-electron chi connectivity index (χ4n) is 1.37. The van der Waals surface area contributed by atoms with E-state index in [9.17, 15) is 4.39 Å². The monoisotopic (exact) mass is 229 g/mol. The minimum atomic E-state index is -0.181. The number of halogens is 2. The van der Waals surface area contributed by atoms with Crippen LogP contribution in [0.15, 0.2) is 18.2 Å². The predicted octanol–water partition coefficient (Wildman–Crippen LogP) is 3.24. The summed E-state index contributed by atoms with van der Waals surface area (Å²) < 4.78 is 12.8. The molecule has 84 valence electrons. The molecule has 1 N–H and O–H groups in total. The van der Waals surface area contributed by atoms with Crippen molar-refractivity contribution in [2.75, 3.05) is 6.54 Å². The Balaban J connectivity index is 2.44. The minimum absolute atomic E-state index is 0.172. The SMILES string of the molecule is CCC(Cl)CNCc1ccc(F)cc1C. The fourth-order valence-corrected chi connectivity index (χ4v) is 1.47. The van der Waals surface area contributed by atoms with Crippen molar-refractivity contribution in [3.05, 3.63) is 35.1 Å². The Morgan fingerprint density at radius 1 is 1.47 bits per heavy atom. The molecule has 1 aromatic rings. The molecule has 1 rings (SSSR count). The number of aryl methyl sites for hydroxylation is 1. The van der Waals surface area contributed by atoms with E-state index in [1.165, 1.54) is 6.07 Å². The van der Waals surface area contributed by atoms with E-state index >= 15 is 0 Å². The molecule has 0 aliphatic carbocycles. The van der Waals surface area contributed by atoms with Gasteiger partial charge in [-0.25, -0.2) is 4.39 Å². The van der Waals surface area contributed by atoms with Gasteiger partial charge in [-0.3, -0.25) is 0 Å². The molecule has 1 unspecified atom stereocenters. The molecule has 0 aliphatic rings. The summed E-state index contributed by atoms with van der Waals surface area (Å²) >= 11 is 5.97. The summed E-state index contributed by atoms with van der Waals surface area (Å²) in [6, 6.07) is 4.85. The van der Waals surface area contributed by atoms with Gasteiger partial charge < -0.3 is 5.32 Å². The zero-order valence-corrected chi connectivity index (χ0v) is 9.94. The molecule has 0 radical (unpaired) electrons.